The molecule has 0 aliphatic carbocycles. The van der Waals surface area contributed by atoms with Crippen LogP contribution in [-0.2, 0) is 4.79 Å². The third-order valence-electron chi connectivity index (χ3n) is 4.43. The summed E-state index contributed by atoms with van der Waals surface area (Å²) in [6.07, 6.45) is 0.743. The number of piperazine rings is 1. The van der Waals surface area contributed by atoms with Gasteiger partial charge in [0, 0.05) is 39.3 Å². The minimum atomic E-state index is -0.0418. The molecule has 1 aromatic heterocycles. The number of nitrogens with zero attached hydrogens (tertiary/aromatic N) is 3. The van der Waals surface area contributed by atoms with Crippen LogP contribution in [0.5, 0.6) is 0 Å². The summed E-state index contributed by atoms with van der Waals surface area (Å²) in [5.41, 5.74) is 0. The van der Waals surface area contributed by atoms with Crippen molar-refractivity contribution >= 4 is 23.2 Å². The monoisotopic (exact) mass is 307 g/mol. The first kappa shape index (κ1) is 14.5. The Balaban J connectivity index is 1.69. The second-order valence-electron chi connectivity index (χ2n) is 5.53. The second kappa shape index (κ2) is 6.15. The Kier molecular flexibility index (Phi) is 4.26. The van der Waals surface area contributed by atoms with Gasteiger partial charge in [0.1, 0.15) is 0 Å². The van der Waals surface area contributed by atoms with Crippen LogP contribution in [0, 0.1) is 0 Å². The highest BCUT2D eigenvalue weighted by molar-refractivity contribution is 7.12. The lowest BCUT2D eigenvalue weighted by Crippen LogP contribution is -2.56. The Hall–Kier alpha value is -1.40. The molecule has 3 rings (SSSR count). The van der Waals surface area contributed by atoms with Crippen LogP contribution in [0.1, 0.15) is 23.0 Å². The van der Waals surface area contributed by atoms with Crippen molar-refractivity contribution < 1.29 is 9.59 Å². The number of carbonyl (C=O) groups is 2. The molecule has 6 heteroatoms. The van der Waals surface area contributed by atoms with Crippen molar-refractivity contribution in [3.63, 3.8) is 0 Å². The highest BCUT2D eigenvalue weighted by atomic mass is 32.1. The lowest BCUT2D eigenvalue weighted by Gasteiger charge is -2.39. The lowest BCUT2D eigenvalue weighted by molar-refractivity contribution is -0.141. The number of likely N-dealkylation sites (N-methyl/N-ethyl adjacent to an activating group) is 1. The maximum Gasteiger partial charge on any atom is 0.263 e. The zero-order chi connectivity index (χ0) is 14.8. The molecule has 3 heterocycles. The third-order valence-corrected chi connectivity index (χ3v) is 5.28. The van der Waals surface area contributed by atoms with E-state index < -0.39 is 0 Å². The van der Waals surface area contributed by atoms with Crippen molar-refractivity contribution in [1.29, 1.82) is 0 Å². The molecule has 0 radical (unpaired) electrons. The predicted octanol–water partition coefficient (Wildman–Crippen LogP) is 1.13. The number of fused-ring (bicyclic) bond motifs is 1. The van der Waals surface area contributed by atoms with Gasteiger partial charge in [0.15, 0.2) is 0 Å². The summed E-state index contributed by atoms with van der Waals surface area (Å²) in [4.78, 5) is 31.7. The van der Waals surface area contributed by atoms with Gasteiger partial charge in [-0.2, -0.15) is 0 Å². The van der Waals surface area contributed by atoms with E-state index in [2.05, 4.69) is 4.90 Å². The highest BCUT2D eigenvalue weighted by Gasteiger charge is 2.36. The maximum absolute atomic E-state index is 12.4. The number of carbonyl (C=O) groups excluding carboxylic acids is 2. The summed E-state index contributed by atoms with van der Waals surface area (Å²) < 4.78 is 0. The summed E-state index contributed by atoms with van der Waals surface area (Å²) in [6, 6.07) is 3.73. The number of hydrogen-bond donors (Lipinski definition) is 0. The minimum absolute atomic E-state index is 0.0418. The average Bonchev–Trinajstić information content (AvgIpc) is 2.94. The number of rotatable bonds is 2. The van der Waals surface area contributed by atoms with Gasteiger partial charge in [-0.25, -0.2) is 0 Å². The van der Waals surface area contributed by atoms with Crippen LogP contribution < -0.4 is 0 Å². The Morgan fingerprint density at radius 3 is 2.81 bits per heavy atom. The van der Waals surface area contributed by atoms with Gasteiger partial charge in [0.2, 0.25) is 5.91 Å². The van der Waals surface area contributed by atoms with E-state index in [1.807, 2.05) is 34.2 Å². The molecule has 2 amide bonds. The van der Waals surface area contributed by atoms with Gasteiger partial charge in [0.05, 0.1) is 10.9 Å². The molecule has 5 nitrogen and oxygen atoms in total. The zero-order valence-corrected chi connectivity index (χ0v) is 13.1. The van der Waals surface area contributed by atoms with Crippen LogP contribution in [0.2, 0.25) is 0 Å². The predicted molar refractivity (Wildman–Crippen MR) is 82.5 cm³/mol. The van der Waals surface area contributed by atoms with E-state index >= 15 is 0 Å². The van der Waals surface area contributed by atoms with Gasteiger partial charge in [-0.1, -0.05) is 6.07 Å². The van der Waals surface area contributed by atoms with Gasteiger partial charge >= 0.3 is 0 Å². The van der Waals surface area contributed by atoms with Crippen molar-refractivity contribution in [2.45, 2.75) is 19.4 Å². The average molecular weight is 307 g/mol. The van der Waals surface area contributed by atoms with Crippen LogP contribution in [0.25, 0.3) is 0 Å². The molecule has 2 saturated heterocycles. The van der Waals surface area contributed by atoms with Crippen LogP contribution >= 0.6 is 11.3 Å². The number of amides is 2. The van der Waals surface area contributed by atoms with Crippen LogP contribution in [0.15, 0.2) is 17.5 Å². The van der Waals surface area contributed by atoms with Crippen molar-refractivity contribution in [3.05, 3.63) is 22.4 Å². The van der Waals surface area contributed by atoms with Crippen LogP contribution in [0.3, 0.4) is 0 Å². The molecular weight excluding hydrogens is 286 g/mol. The summed E-state index contributed by atoms with van der Waals surface area (Å²) in [5, 5.41) is 1.93. The normalized spacial score (nSPS) is 23.9. The molecule has 0 spiro atoms. The molecule has 0 aromatic carbocycles. The summed E-state index contributed by atoms with van der Waals surface area (Å²) in [7, 11) is 0. The molecular formula is C15H21N3O2S. The molecule has 1 aromatic rings. The van der Waals surface area contributed by atoms with Crippen LogP contribution in [-0.4, -0.2) is 71.8 Å². The smallest absolute Gasteiger partial charge is 0.263 e. The molecule has 2 aliphatic heterocycles. The van der Waals surface area contributed by atoms with E-state index in [1.165, 1.54) is 11.3 Å². The minimum Gasteiger partial charge on any atom is -0.340 e. The van der Waals surface area contributed by atoms with Crippen molar-refractivity contribution in [2.75, 3.05) is 39.3 Å². The SMILES string of the molecule is CCN1CCN2CCN(C(=O)c3cccs3)CCC2C1=O. The van der Waals surface area contributed by atoms with E-state index in [-0.39, 0.29) is 17.9 Å². The molecule has 0 N–H and O–H groups in total. The molecule has 0 saturated carbocycles. The number of thiophene rings is 1. The summed E-state index contributed by atoms with van der Waals surface area (Å²) in [6.45, 7) is 6.72. The maximum atomic E-state index is 12.4. The van der Waals surface area contributed by atoms with Crippen molar-refractivity contribution in [2.24, 2.45) is 0 Å². The second-order valence-corrected chi connectivity index (χ2v) is 6.48. The Labute approximate surface area is 129 Å². The Bertz CT molecular complexity index is 517. The van der Waals surface area contributed by atoms with Crippen molar-refractivity contribution in [3.8, 4) is 0 Å². The Morgan fingerprint density at radius 1 is 1.29 bits per heavy atom. The highest BCUT2D eigenvalue weighted by Crippen LogP contribution is 2.20. The first-order valence-electron chi connectivity index (χ1n) is 7.56. The van der Waals surface area contributed by atoms with E-state index in [0.29, 0.717) is 13.1 Å². The first-order valence-corrected chi connectivity index (χ1v) is 8.44. The van der Waals surface area contributed by atoms with Gasteiger partial charge in [-0.05, 0) is 24.8 Å². The fourth-order valence-electron chi connectivity index (χ4n) is 3.17. The number of hydrogen-bond acceptors (Lipinski definition) is 4. The first-order chi connectivity index (χ1) is 10.2. The van der Waals surface area contributed by atoms with Gasteiger partial charge in [0.25, 0.3) is 5.91 Å². The largest absolute Gasteiger partial charge is 0.340 e. The molecule has 1 unspecified atom stereocenters. The molecule has 21 heavy (non-hydrogen) atoms. The van der Waals surface area contributed by atoms with Crippen molar-refractivity contribution in [1.82, 2.24) is 14.7 Å². The fraction of sp³-hybridized carbons (Fsp3) is 0.600. The van der Waals surface area contributed by atoms with Gasteiger partial charge in [-0.15, -0.1) is 11.3 Å². The molecule has 0 bridgehead atoms. The lowest BCUT2D eigenvalue weighted by atomic mass is 10.1. The standard InChI is InChI=1S/C15H21N3O2S/c1-2-16-7-8-17-9-10-18(6-5-12(17)14(16)19)15(20)13-4-3-11-21-13/h3-4,11-12H,2,5-10H2,1H3. The zero-order valence-electron chi connectivity index (χ0n) is 12.3. The summed E-state index contributed by atoms with van der Waals surface area (Å²) >= 11 is 1.48. The molecule has 2 fully saturated rings. The van der Waals surface area contributed by atoms with Crippen LogP contribution in [0.4, 0.5) is 0 Å². The van der Waals surface area contributed by atoms with Gasteiger partial charge in [-0.3, -0.25) is 14.5 Å². The molecule has 1 atom stereocenters. The van der Waals surface area contributed by atoms with E-state index in [0.717, 1.165) is 37.5 Å². The quantitative estimate of drug-likeness (QED) is 0.822. The molecule has 2 aliphatic rings. The molecule has 114 valence electrons. The van der Waals surface area contributed by atoms with E-state index in [9.17, 15) is 9.59 Å². The van der Waals surface area contributed by atoms with E-state index in [1.54, 1.807) is 0 Å². The van der Waals surface area contributed by atoms with E-state index in [4.69, 9.17) is 0 Å². The Morgan fingerprint density at radius 2 is 2.10 bits per heavy atom. The fourth-order valence-corrected chi connectivity index (χ4v) is 3.86. The third kappa shape index (κ3) is 2.82. The topological polar surface area (TPSA) is 43.9 Å². The summed E-state index contributed by atoms with van der Waals surface area (Å²) in [5.74, 6) is 0.332. The van der Waals surface area contributed by atoms with Gasteiger partial charge < -0.3 is 9.80 Å².